The van der Waals surface area contributed by atoms with E-state index in [9.17, 15) is 0 Å². The van der Waals surface area contributed by atoms with Crippen molar-refractivity contribution in [3.63, 3.8) is 0 Å². The van der Waals surface area contributed by atoms with Crippen LogP contribution in [0.1, 0.15) is 48.6 Å². The van der Waals surface area contributed by atoms with Crippen molar-refractivity contribution in [3.8, 4) is 0 Å². The second-order valence-corrected chi connectivity index (χ2v) is 17.4. The van der Waals surface area contributed by atoms with Gasteiger partial charge in [-0.05, 0) is 0 Å². The third kappa shape index (κ3) is 3.80. The Balaban J connectivity index is 0.00000136. The zero-order valence-corrected chi connectivity index (χ0v) is 22.0. The van der Waals surface area contributed by atoms with Gasteiger partial charge in [0.05, 0.1) is 0 Å². The van der Waals surface area contributed by atoms with Crippen LogP contribution in [0.15, 0.2) is 91.0 Å². The summed E-state index contributed by atoms with van der Waals surface area (Å²) in [6, 6.07) is 29.1. The Bertz CT molecular complexity index is 1120. The smallest absolute Gasteiger partial charge is 1.00 e. The van der Waals surface area contributed by atoms with Gasteiger partial charge in [0.1, 0.15) is 0 Å². The predicted molar refractivity (Wildman–Crippen MR) is 122 cm³/mol. The molecule has 2 aliphatic carbocycles. The molecule has 0 fully saturated rings. The second kappa shape index (κ2) is 9.15. The van der Waals surface area contributed by atoms with Gasteiger partial charge in [-0.15, -0.1) is 0 Å². The summed E-state index contributed by atoms with van der Waals surface area (Å²) in [7, 11) is 0. The van der Waals surface area contributed by atoms with Crippen molar-refractivity contribution in [2.45, 2.75) is 27.0 Å². The third-order valence-electron chi connectivity index (χ3n) is 6.85. The number of halogens is 2. The van der Waals surface area contributed by atoms with Crippen LogP contribution in [0.25, 0.3) is 12.2 Å². The van der Waals surface area contributed by atoms with Crippen molar-refractivity contribution >= 4 is 15.4 Å². The van der Waals surface area contributed by atoms with E-state index in [4.69, 9.17) is 0 Å². The SMILES string of the molecule is C[C](c1ccccc1)=[Zr+2]([C]1(C)C=Cc2ccccc21)[C]1(C)C=Cc2ccccc21.[Cl-].[Cl-]. The Kier molecular flexibility index (Phi) is 7.12. The molecule has 3 heteroatoms. The van der Waals surface area contributed by atoms with E-state index in [1.54, 1.807) is 3.21 Å². The first-order valence-electron chi connectivity index (χ1n) is 10.4. The summed E-state index contributed by atoms with van der Waals surface area (Å²) in [6.45, 7) is 7.44. The van der Waals surface area contributed by atoms with E-state index in [-0.39, 0.29) is 31.1 Å². The normalized spacial score (nSPS) is 21.9. The van der Waals surface area contributed by atoms with Gasteiger partial charge >= 0.3 is 182 Å². The Morgan fingerprint density at radius 3 is 1.52 bits per heavy atom. The number of fused-ring (bicyclic) bond motifs is 2. The fraction of sp³-hybridized carbons (Fsp3) is 0.179. The van der Waals surface area contributed by atoms with Crippen LogP contribution in [0.2, 0.25) is 0 Å². The van der Waals surface area contributed by atoms with E-state index in [2.05, 4.69) is 124 Å². The largest absolute Gasteiger partial charge is 1.00 e. The molecule has 0 heterocycles. The molecule has 2 unspecified atom stereocenters. The van der Waals surface area contributed by atoms with Crippen molar-refractivity contribution in [2.75, 3.05) is 0 Å². The molecule has 0 aliphatic heterocycles. The Morgan fingerprint density at radius 2 is 1.03 bits per heavy atom. The van der Waals surface area contributed by atoms with Crippen LogP contribution in [0.5, 0.6) is 0 Å². The third-order valence-corrected chi connectivity index (χ3v) is 16.7. The minimum atomic E-state index is -2.42. The van der Waals surface area contributed by atoms with Gasteiger partial charge in [-0.25, -0.2) is 0 Å². The molecule has 0 amide bonds. The summed E-state index contributed by atoms with van der Waals surface area (Å²) in [5.41, 5.74) is 7.24. The van der Waals surface area contributed by atoms with Gasteiger partial charge in [-0.1, -0.05) is 0 Å². The maximum atomic E-state index is 2.53. The van der Waals surface area contributed by atoms with Crippen molar-refractivity contribution in [3.05, 3.63) is 119 Å². The van der Waals surface area contributed by atoms with Crippen LogP contribution >= 0.6 is 0 Å². The van der Waals surface area contributed by atoms with Crippen LogP contribution in [0.4, 0.5) is 0 Å². The first-order chi connectivity index (χ1) is 14.0. The zero-order valence-electron chi connectivity index (χ0n) is 18.1. The summed E-state index contributed by atoms with van der Waals surface area (Å²) in [4.78, 5) is 0. The molecule has 156 valence electrons. The van der Waals surface area contributed by atoms with E-state index >= 15 is 0 Å². The molecular weight excluding hydrogens is 498 g/mol. The maximum absolute atomic E-state index is 2.53. The van der Waals surface area contributed by atoms with Crippen molar-refractivity contribution < 1.29 is 46.1 Å². The Morgan fingerprint density at radius 1 is 0.613 bits per heavy atom. The quantitative estimate of drug-likeness (QED) is 0.474. The van der Waals surface area contributed by atoms with Gasteiger partial charge in [0.15, 0.2) is 0 Å². The first-order valence-corrected chi connectivity index (χ1v) is 14.1. The molecule has 3 aromatic carbocycles. The van der Waals surface area contributed by atoms with Gasteiger partial charge in [0.2, 0.25) is 0 Å². The van der Waals surface area contributed by atoms with Gasteiger partial charge in [0, 0.05) is 0 Å². The van der Waals surface area contributed by atoms with Gasteiger partial charge < -0.3 is 24.8 Å². The van der Waals surface area contributed by atoms with Crippen LogP contribution in [0, 0.1) is 0 Å². The molecule has 2 atom stereocenters. The molecular formula is C28H26Cl2Zr. The molecule has 3 aromatic rings. The monoisotopic (exact) mass is 522 g/mol. The molecule has 0 radical (unpaired) electrons. The van der Waals surface area contributed by atoms with Crippen molar-refractivity contribution in [2.24, 2.45) is 0 Å². The van der Waals surface area contributed by atoms with E-state index in [1.807, 2.05) is 0 Å². The van der Waals surface area contributed by atoms with Crippen LogP contribution in [-0.2, 0) is 27.5 Å². The Labute approximate surface area is 206 Å². The molecule has 0 N–H and O–H groups in total. The average Bonchev–Trinajstić information content (AvgIpc) is 3.28. The van der Waals surface area contributed by atoms with Crippen LogP contribution < -0.4 is 24.8 Å². The first kappa shape index (κ1) is 24.1. The Hall–Kier alpha value is -1.53. The molecule has 0 bridgehead atoms. The summed E-state index contributed by atoms with van der Waals surface area (Å²) in [5, 5.41) is 0. The summed E-state index contributed by atoms with van der Waals surface area (Å²) in [6.07, 6.45) is 9.78. The van der Waals surface area contributed by atoms with E-state index in [0.29, 0.717) is 0 Å². The van der Waals surface area contributed by atoms with E-state index < -0.39 is 21.3 Å². The fourth-order valence-electron chi connectivity index (χ4n) is 5.51. The molecule has 0 aromatic heterocycles. The second-order valence-electron chi connectivity index (χ2n) is 8.61. The summed E-state index contributed by atoms with van der Waals surface area (Å²) in [5.74, 6) is 0. The van der Waals surface area contributed by atoms with Crippen molar-refractivity contribution in [1.82, 2.24) is 0 Å². The molecule has 0 nitrogen and oxygen atoms in total. The molecule has 5 rings (SSSR count). The molecule has 0 spiro atoms. The number of hydrogen-bond acceptors (Lipinski definition) is 0. The van der Waals surface area contributed by atoms with E-state index in [1.165, 1.54) is 27.8 Å². The van der Waals surface area contributed by atoms with E-state index in [0.717, 1.165) is 0 Å². The average molecular weight is 525 g/mol. The molecule has 0 saturated heterocycles. The van der Waals surface area contributed by atoms with Gasteiger partial charge in [-0.3, -0.25) is 0 Å². The molecule has 31 heavy (non-hydrogen) atoms. The summed E-state index contributed by atoms with van der Waals surface area (Å²) < 4.78 is 1.88. The standard InChI is InChI=1S/2C10H9.C8H8.2ClH.Zr/c2*1-8-6-7-9-4-2-3-5-10(8)9;1-2-8-6-4-3-5-7-8;;;/h2*2-7H,1H3;3-7H,1H3;2*1H;/q;;;;;+2/p-2. The van der Waals surface area contributed by atoms with Crippen molar-refractivity contribution in [1.29, 1.82) is 0 Å². The topological polar surface area (TPSA) is 0 Å². The predicted octanol–water partition coefficient (Wildman–Crippen LogP) is 0.738. The van der Waals surface area contributed by atoms with Gasteiger partial charge in [0.25, 0.3) is 0 Å². The number of allylic oxidation sites excluding steroid dienone is 2. The maximum Gasteiger partial charge on any atom is -1.00 e. The number of benzene rings is 3. The van der Waals surface area contributed by atoms with Crippen LogP contribution in [0.3, 0.4) is 0 Å². The minimum absolute atomic E-state index is 0. The number of hydrogen-bond donors (Lipinski definition) is 0. The molecule has 0 saturated carbocycles. The zero-order chi connectivity index (χ0) is 20.1. The number of rotatable bonds is 3. The fourth-order valence-corrected chi connectivity index (χ4v) is 16.8. The van der Waals surface area contributed by atoms with Gasteiger partial charge in [-0.2, -0.15) is 0 Å². The minimum Gasteiger partial charge on any atom is -1.00 e. The summed E-state index contributed by atoms with van der Waals surface area (Å²) >= 11 is -2.42. The molecule has 2 aliphatic rings. The van der Waals surface area contributed by atoms with Crippen LogP contribution in [-0.4, -0.2) is 3.21 Å².